The van der Waals surface area contributed by atoms with Crippen LogP contribution in [0.5, 0.6) is 5.75 Å². The van der Waals surface area contributed by atoms with Crippen LogP contribution in [0.1, 0.15) is 5.82 Å². The summed E-state index contributed by atoms with van der Waals surface area (Å²) < 4.78 is 43.5. The van der Waals surface area contributed by atoms with E-state index in [0.29, 0.717) is 16.4 Å². The molecule has 0 amide bonds. The number of nitrogens with zero attached hydrogens (tertiary/aromatic N) is 1. The van der Waals surface area contributed by atoms with Gasteiger partial charge in [-0.25, -0.2) is 4.98 Å². The second-order valence-corrected chi connectivity index (χ2v) is 4.09. The second-order valence-electron chi connectivity index (χ2n) is 3.31. The van der Waals surface area contributed by atoms with E-state index in [0.717, 1.165) is 11.5 Å². The van der Waals surface area contributed by atoms with Gasteiger partial charge in [0.2, 0.25) is 5.01 Å². The lowest BCUT2D eigenvalue weighted by Crippen LogP contribution is -2.17. The van der Waals surface area contributed by atoms with E-state index in [2.05, 4.69) is 14.1 Å². The fourth-order valence-electron chi connectivity index (χ4n) is 1.28. The molecular formula is C10H8F3N2O2S+. The van der Waals surface area contributed by atoms with Crippen molar-refractivity contribution in [2.24, 2.45) is 0 Å². The van der Waals surface area contributed by atoms with Crippen molar-refractivity contribution in [1.29, 1.82) is 0 Å². The first-order valence-electron chi connectivity index (χ1n) is 4.83. The minimum absolute atomic E-state index is 0.216. The highest BCUT2D eigenvalue weighted by Gasteiger charge is 2.31. The molecule has 1 heterocycles. The average Bonchev–Trinajstić information content (AvgIpc) is 2.76. The maximum absolute atomic E-state index is 11.9. The van der Waals surface area contributed by atoms with Gasteiger partial charge in [0.1, 0.15) is 23.9 Å². The van der Waals surface area contributed by atoms with Crippen LogP contribution in [-0.2, 0) is 6.61 Å². The van der Waals surface area contributed by atoms with Crippen molar-refractivity contribution < 1.29 is 28.0 Å². The van der Waals surface area contributed by atoms with E-state index in [1.54, 1.807) is 0 Å². The minimum Gasteiger partial charge on any atom is -0.406 e. The predicted octanol–water partition coefficient (Wildman–Crippen LogP) is 2.02. The Morgan fingerprint density at radius 2 is 1.94 bits per heavy atom. The van der Waals surface area contributed by atoms with Crippen molar-refractivity contribution in [1.82, 2.24) is 4.37 Å². The third-order valence-corrected chi connectivity index (χ3v) is 2.84. The van der Waals surface area contributed by atoms with E-state index in [9.17, 15) is 13.2 Å². The topological polar surface area (TPSA) is 56.5 Å². The Kier molecular flexibility index (Phi) is 3.48. The van der Waals surface area contributed by atoms with Crippen molar-refractivity contribution in [2.45, 2.75) is 13.0 Å². The molecule has 0 spiro atoms. The molecule has 0 radical (unpaired) electrons. The zero-order chi connectivity index (χ0) is 13.2. The average molecular weight is 277 g/mol. The third kappa shape index (κ3) is 3.17. The molecule has 0 saturated carbocycles. The first-order valence-corrected chi connectivity index (χ1v) is 5.60. The van der Waals surface area contributed by atoms with E-state index in [1.807, 2.05) is 0 Å². The first kappa shape index (κ1) is 12.8. The lowest BCUT2D eigenvalue weighted by Gasteiger charge is -2.08. The molecule has 0 atom stereocenters. The number of aliphatic hydroxyl groups excluding tert-OH is 1. The Morgan fingerprint density at radius 1 is 1.28 bits per heavy atom. The number of H-pyrrole nitrogens is 1. The summed E-state index contributed by atoms with van der Waals surface area (Å²) in [7, 11) is 0. The summed E-state index contributed by atoms with van der Waals surface area (Å²) in [5.74, 6) is 0.128. The predicted molar refractivity (Wildman–Crippen MR) is 56.7 cm³/mol. The van der Waals surface area contributed by atoms with E-state index < -0.39 is 6.36 Å². The summed E-state index contributed by atoms with van der Waals surface area (Å²) >= 11 is 1.12. The zero-order valence-electron chi connectivity index (χ0n) is 8.86. The number of aromatic nitrogens is 2. The fraction of sp³-hybridized carbons (Fsp3) is 0.200. The molecule has 96 valence electrons. The van der Waals surface area contributed by atoms with Gasteiger partial charge in [0.25, 0.3) is 0 Å². The Hall–Kier alpha value is -1.67. The first-order chi connectivity index (χ1) is 8.48. The number of nitrogens with one attached hydrogen (secondary N) is 1. The summed E-state index contributed by atoms with van der Waals surface area (Å²) in [4.78, 5) is 2.84. The number of hydrogen-bond donors (Lipinski definition) is 1. The summed E-state index contributed by atoms with van der Waals surface area (Å²) in [5, 5.41) is 9.49. The second kappa shape index (κ2) is 4.91. The molecule has 0 bridgehead atoms. The van der Waals surface area contributed by atoms with Gasteiger partial charge in [0.05, 0.1) is 0 Å². The number of rotatable bonds is 3. The molecule has 18 heavy (non-hydrogen) atoms. The number of alkyl halides is 3. The Balaban J connectivity index is 2.17. The van der Waals surface area contributed by atoms with Gasteiger partial charge >= 0.3 is 12.2 Å². The summed E-state index contributed by atoms with van der Waals surface area (Å²) in [6.07, 6.45) is -4.69. The Morgan fingerprint density at radius 3 is 2.44 bits per heavy atom. The van der Waals surface area contributed by atoms with Gasteiger partial charge in [0, 0.05) is 9.94 Å². The number of benzene rings is 1. The van der Waals surface area contributed by atoms with Crippen molar-refractivity contribution in [3.05, 3.63) is 30.1 Å². The molecule has 1 aromatic carbocycles. The molecular weight excluding hydrogens is 269 g/mol. The number of ether oxygens (including phenoxy) is 1. The minimum atomic E-state index is -4.69. The SMILES string of the molecule is OCc1nsc(-c2ccc(OC(F)(F)F)cc2)[nH+]1. The van der Waals surface area contributed by atoms with Gasteiger partial charge in [-0.2, -0.15) is 0 Å². The highest BCUT2D eigenvalue weighted by Crippen LogP contribution is 2.26. The summed E-state index contributed by atoms with van der Waals surface area (Å²) in [6.45, 7) is -0.216. The lowest BCUT2D eigenvalue weighted by molar-refractivity contribution is -0.379. The van der Waals surface area contributed by atoms with Crippen LogP contribution in [-0.4, -0.2) is 15.8 Å². The van der Waals surface area contributed by atoms with Gasteiger partial charge in [-0.1, -0.05) is 0 Å². The highest BCUT2D eigenvalue weighted by molar-refractivity contribution is 7.08. The summed E-state index contributed by atoms with van der Waals surface area (Å²) in [5.41, 5.74) is 0.668. The maximum Gasteiger partial charge on any atom is 0.573 e. The van der Waals surface area contributed by atoms with Gasteiger partial charge in [0.15, 0.2) is 0 Å². The van der Waals surface area contributed by atoms with E-state index in [4.69, 9.17) is 5.11 Å². The van der Waals surface area contributed by atoms with Crippen molar-refractivity contribution in [2.75, 3.05) is 0 Å². The largest absolute Gasteiger partial charge is 0.573 e. The van der Waals surface area contributed by atoms with Crippen LogP contribution < -0.4 is 9.72 Å². The number of aromatic amines is 1. The molecule has 0 saturated heterocycles. The Bertz CT molecular complexity index is 525. The van der Waals surface area contributed by atoms with Crippen LogP contribution >= 0.6 is 11.5 Å². The lowest BCUT2D eigenvalue weighted by atomic mass is 10.2. The molecule has 0 aliphatic rings. The van der Waals surface area contributed by atoms with Crippen LogP contribution in [0.15, 0.2) is 24.3 Å². The molecule has 8 heteroatoms. The Labute approximate surface area is 104 Å². The van der Waals surface area contributed by atoms with Crippen LogP contribution in [0.2, 0.25) is 0 Å². The molecule has 0 unspecified atom stereocenters. The molecule has 2 rings (SSSR count). The van der Waals surface area contributed by atoms with Gasteiger partial charge in [-0.3, -0.25) is 0 Å². The monoisotopic (exact) mass is 277 g/mol. The number of hydrogen-bond acceptors (Lipinski definition) is 4. The van der Waals surface area contributed by atoms with Gasteiger partial charge in [-0.05, 0) is 24.3 Å². The summed E-state index contributed by atoms with van der Waals surface area (Å²) in [6, 6.07) is 5.39. The van der Waals surface area contributed by atoms with Crippen LogP contribution in [0.3, 0.4) is 0 Å². The number of halogens is 3. The van der Waals surface area contributed by atoms with Crippen LogP contribution in [0, 0.1) is 0 Å². The van der Waals surface area contributed by atoms with E-state index >= 15 is 0 Å². The van der Waals surface area contributed by atoms with Crippen molar-refractivity contribution in [3.63, 3.8) is 0 Å². The standard InChI is InChI=1S/C10H7F3N2O2S/c11-10(12,13)17-7-3-1-6(2-4-7)9-14-8(5-16)15-18-9/h1-4,16H,5H2/p+1. The fourth-order valence-corrected chi connectivity index (χ4v) is 1.99. The van der Waals surface area contributed by atoms with Crippen molar-refractivity contribution >= 4 is 11.5 Å². The van der Waals surface area contributed by atoms with E-state index in [-0.39, 0.29) is 12.4 Å². The maximum atomic E-state index is 11.9. The normalized spacial score (nSPS) is 11.6. The molecule has 1 aromatic heterocycles. The van der Waals surface area contributed by atoms with E-state index in [1.165, 1.54) is 24.3 Å². The third-order valence-electron chi connectivity index (χ3n) is 2.00. The zero-order valence-corrected chi connectivity index (χ0v) is 9.68. The molecule has 0 aliphatic heterocycles. The molecule has 2 aromatic rings. The van der Waals surface area contributed by atoms with Gasteiger partial charge < -0.3 is 9.84 Å². The smallest absolute Gasteiger partial charge is 0.406 e. The quantitative estimate of drug-likeness (QED) is 0.933. The molecule has 0 fully saturated rings. The molecule has 0 aliphatic carbocycles. The highest BCUT2D eigenvalue weighted by atomic mass is 32.1. The van der Waals surface area contributed by atoms with Crippen LogP contribution in [0.25, 0.3) is 10.6 Å². The van der Waals surface area contributed by atoms with Crippen molar-refractivity contribution in [3.8, 4) is 16.3 Å². The van der Waals surface area contributed by atoms with Gasteiger partial charge in [-0.15, -0.1) is 13.2 Å². The molecule has 4 nitrogen and oxygen atoms in total. The van der Waals surface area contributed by atoms with Crippen LogP contribution in [0.4, 0.5) is 13.2 Å². The molecule has 2 N–H and O–H groups in total. The number of aliphatic hydroxyl groups is 1.